The number of hydrogen-bond acceptors (Lipinski definition) is 4. The van der Waals surface area contributed by atoms with Gasteiger partial charge in [0.05, 0.1) is 0 Å². The van der Waals surface area contributed by atoms with Crippen LogP contribution in [0.25, 0.3) is 12.3 Å². The normalized spacial score (nSPS) is 10.9. The van der Waals surface area contributed by atoms with Crippen molar-refractivity contribution in [3.05, 3.63) is 66.5 Å². The molecule has 5 nitrogen and oxygen atoms in total. The van der Waals surface area contributed by atoms with Crippen LogP contribution in [0.5, 0.6) is 0 Å². The summed E-state index contributed by atoms with van der Waals surface area (Å²) >= 11 is 0. The molecule has 0 aliphatic carbocycles. The van der Waals surface area contributed by atoms with Gasteiger partial charge in [0, 0.05) is 18.2 Å². The molecule has 0 aliphatic rings. The maximum Gasteiger partial charge on any atom is 0.175 e. The summed E-state index contributed by atoms with van der Waals surface area (Å²) in [6.07, 6.45) is 8.15. The van der Waals surface area contributed by atoms with E-state index < -0.39 is 10.2 Å². The second-order valence-corrected chi connectivity index (χ2v) is 4.18. The zero-order chi connectivity index (χ0) is 14.1. The molecule has 0 fully saturated rings. The van der Waals surface area contributed by atoms with Crippen molar-refractivity contribution >= 4 is 12.3 Å². The smallest absolute Gasteiger partial charge is 0.175 e. The fourth-order valence-corrected chi connectivity index (χ4v) is 1.25. The van der Waals surface area contributed by atoms with E-state index in [2.05, 4.69) is 18.2 Å². The highest BCUT2D eigenvalue weighted by molar-refractivity contribution is 5.56. The van der Waals surface area contributed by atoms with Crippen LogP contribution in [0.3, 0.4) is 0 Å². The van der Waals surface area contributed by atoms with Gasteiger partial charge < -0.3 is 0 Å². The van der Waals surface area contributed by atoms with Crippen LogP contribution in [0.15, 0.2) is 60.9 Å². The molecule has 1 aromatic heterocycles. The Bertz CT molecular complexity index is 450. The first-order valence-corrected chi connectivity index (χ1v) is 6.49. The highest BCUT2D eigenvalue weighted by Crippen LogP contribution is 1.99. The second-order valence-electron chi connectivity index (χ2n) is 3.43. The van der Waals surface area contributed by atoms with Crippen LogP contribution in [-0.4, -0.2) is 0 Å². The molecule has 0 N–H and O–H groups in total. The topological polar surface area (TPSA) is 96.1 Å². The van der Waals surface area contributed by atoms with Gasteiger partial charge in [-0.1, -0.05) is 36.4 Å². The third-order valence-electron chi connectivity index (χ3n) is 1.98. The van der Waals surface area contributed by atoms with Crippen LogP contribution in [0, 0.1) is 10.2 Å². The van der Waals surface area contributed by atoms with E-state index in [-0.39, 0.29) is 0 Å². The Morgan fingerprint density at radius 3 is 1.79 bits per heavy atom. The number of aromatic nitrogens is 1. The molecule has 19 heavy (non-hydrogen) atoms. The molecular weight excluding hydrogens is 270 g/mol. The molecule has 0 aliphatic heterocycles. The molecule has 100 valence electrons. The lowest BCUT2D eigenvalue weighted by molar-refractivity contribution is -2.00. The largest absolute Gasteiger partial charge is 0.222 e. The Morgan fingerprint density at radius 2 is 1.26 bits per heavy atom. The van der Waals surface area contributed by atoms with Gasteiger partial charge in [-0.2, -0.15) is 4.57 Å². The monoisotopic (exact) mass is 281 g/mol. The standard InChI is InChI=1S/C13H12N.ClHO4/c1-3-7-13(8-4-1)9-12-14-10-5-2-6-11-14;2-1(3,4)5/h1-12H;(H,2,3,4,5)/q+1;/p-1. The van der Waals surface area contributed by atoms with Gasteiger partial charge in [0.1, 0.15) is 0 Å². The van der Waals surface area contributed by atoms with Gasteiger partial charge in [-0.15, -0.1) is 10.2 Å². The van der Waals surface area contributed by atoms with E-state index in [0.29, 0.717) is 0 Å². The zero-order valence-corrected chi connectivity index (χ0v) is 10.6. The highest BCUT2D eigenvalue weighted by atomic mass is 35.7. The first kappa shape index (κ1) is 15.3. The Kier molecular flexibility index (Phi) is 6.14. The van der Waals surface area contributed by atoms with Crippen LogP contribution in [0.4, 0.5) is 0 Å². The SMILES string of the molecule is C(=C[n+]1ccccc1)c1ccccc1.[O-][Cl+3]([O-])([O-])[O-]. The average molecular weight is 282 g/mol. The van der Waals surface area contributed by atoms with Crippen molar-refractivity contribution in [3.63, 3.8) is 0 Å². The third kappa shape index (κ3) is 8.90. The first-order chi connectivity index (χ1) is 8.95. The number of hydrogen-bond donors (Lipinski definition) is 0. The predicted octanol–water partition coefficient (Wildman–Crippen LogP) is -2.15. The Hall–Kier alpha value is -1.76. The van der Waals surface area contributed by atoms with Gasteiger partial charge in [-0.25, -0.2) is 18.6 Å². The van der Waals surface area contributed by atoms with Crippen LogP contribution >= 0.6 is 0 Å². The van der Waals surface area contributed by atoms with E-state index in [1.165, 1.54) is 5.56 Å². The molecule has 0 atom stereocenters. The number of benzene rings is 1. The molecule has 6 heteroatoms. The molecule has 0 unspecified atom stereocenters. The van der Waals surface area contributed by atoms with Crippen molar-refractivity contribution < 1.29 is 33.4 Å². The van der Waals surface area contributed by atoms with Gasteiger partial charge in [-0.3, -0.25) is 0 Å². The molecule has 1 aromatic carbocycles. The Labute approximate surface area is 113 Å². The summed E-state index contributed by atoms with van der Waals surface area (Å²) < 4.78 is 36.0. The summed E-state index contributed by atoms with van der Waals surface area (Å²) in [6.45, 7) is 0. The number of nitrogens with zero attached hydrogens (tertiary/aromatic N) is 1. The fraction of sp³-hybridized carbons (Fsp3) is 0. The van der Waals surface area contributed by atoms with Gasteiger partial charge in [0.25, 0.3) is 0 Å². The van der Waals surface area contributed by atoms with Crippen molar-refractivity contribution in [1.82, 2.24) is 0 Å². The number of halogens is 1. The van der Waals surface area contributed by atoms with Crippen molar-refractivity contribution in [2.45, 2.75) is 0 Å². The molecule has 0 bridgehead atoms. The summed E-state index contributed by atoms with van der Waals surface area (Å²) in [5, 5.41) is 0. The summed E-state index contributed by atoms with van der Waals surface area (Å²) in [7, 11) is -4.94. The third-order valence-corrected chi connectivity index (χ3v) is 1.98. The highest BCUT2D eigenvalue weighted by Gasteiger charge is 1.89. The van der Waals surface area contributed by atoms with Gasteiger partial charge in [-0.05, 0) is 5.56 Å². The summed E-state index contributed by atoms with van der Waals surface area (Å²) in [5.41, 5.74) is 1.21. The maximum absolute atomic E-state index is 8.49. The lowest BCUT2D eigenvalue weighted by Crippen LogP contribution is -2.68. The van der Waals surface area contributed by atoms with E-state index in [0.717, 1.165) is 0 Å². The van der Waals surface area contributed by atoms with Crippen LogP contribution in [-0.2, 0) is 0 Å². The van der Waals surface area contributed by atoms with Crippen molar-refractivity contribution in [1.29, 1.82) is 0 Å². The molecule has 0 amide bonds. The molecule has 1 heterocycles. The van der Waals surface area contributed by atoms with Crippen molar-refractivity contribution in [2.75, 3.05) is 0 Å². The number of rotatable bonds is 2. The molecule has 0 spiro atoms. The minimum absolute atomic E-state index is 1.21. The van der Waals surface area contributed by atoms with E-state index in [9.17, 15) is 0 Å². The number of pyridine rings is 1. The minimum atomic E-state index is -4.94. The maximum atomic E-state index is 8.49. The van der Waals surface area contributed by atoms with Gasteiger partial charge in [0.2, 0.25) is 0 Å². The van der Waals surface area contributed by atoms with Gasteiger partial charge >= 0.3 is 0 Å². The summed E-state index contributed by atoms with van der Waals surface area (Å²) in [5.74, 6) is 0. The first-order valence-electron chi connectivity index (χ1n) is 5.26. The van der Waals surface area contributed by atoms with Crippen molar-refractivity contribution in [3.8, 4) is 0 Å². The molecule has 2 rings (SSSR count). The predicted molar refractivity (Wildman–Crippen MR) is 58.3 cm³/mol. The molecule has 0 saturated carbocycles. The van der Waals surface area contributed by atoms with Crippen LogP contribution in [0.2, 0.25) is 0 Å². The Balaban J connectivity index is 0.000000312. The quantitative estimate of drug-likeness (QED) is 0.586. The molecule has 0 saturated heterocycles. The minimum Gasteiger partial charge on any atom is -0.222 e. The van der Waals surface area contributed by atoms with E-state index in [4.69, 9.17) is 18.6 Å². The zero-order valence-electron chi connectivity index (χ0n) is 9.89. The second kappa shape index (κ2) is 7.63. The average Bonchev–Trinajstić information content (AvgIpc) is 2.37. The van der Waals surface area contributed by atoms with Crippen LogP contribution in [0.1, 0.15) is 5.56 Å². The summed E-state index contributed by atoms with van der Waals surface area (Å²) in [4.78, 5) is 0. The van der Waals surface area contributed by atoms with E-state index in [1.807, 2.05) is 59.6 Å². The Morgan fingerprint density at radius 1 is 0.789 bits per heavy atom. The van der Waals surface area contributed by atoms with E-state index in [1.54, 1.807) is 0 Å². The van der Waals surface area contributed by atoms with Crippen molar-refractivity contribution in [2.24, 2.45) is 0 Å². The van der Waals surface area contributed by atoms with Gasteiger partial charge in [0.15, 0.2) is 18.6 Å². The van der Waals surface area contributed by atoms with E-state index >= 15 is 0 Å². The molecule has 0 radical (unpaired) electrons. The molecular formula is C13H12ClNO4. The molecule has 2 aromatic rings. The lowest BCUT2D eigenvalue weighted by Gasteiger charge is -2.17. The summed E-state index contributed by atoms with van der Waals surface area (Å²) in [6, 6.07) is 16.3. The van der Waals surface area contributed by atoms with Crippen LogP contribution < -0.4 is 23.2 Å². The fourth-order valence-electron chi connectivity index (χ4n) is 1.25. The lowest BCUT2D eigenvalue weighted by atomic mass is 10.2.